The van der Waals surface area contributed by atoms with Crippen LogP contribution in [-0.4, -0.2) is 17.0 Å². The fourth-order valence-electron chi connectivity index (χ4n) is 2.26. The van der Waals surface area contributed by atoms with Gasteiger partial charge in [0, 0.05) is 10.5 Å². The summed E-state index contributed by atoms with van der Waals surface area (Å²) < 4.78 is 0.742. The van der Waals surface area contributed by atoms with E-state index in [0.717, 1.165) is 31.6 Å². The molecule has 0 saturated heterocycles. The van der Waals surface area contributed by atoms with Gasteiger partial charge in [0.15, 0.2) is 0 Å². The van der Waals surface area contributed by atoms with Crippen molar-refractivity contribution in [1.82, 2.24) is 0 Å². The number of thiophene rings is 1. The predicted octanol–water partition coefficient (Wildman–Crippen LogP) is 5.47. The molecule has 0 bridgehead atoms. The van der Waals surface area contributed by atoms with Gasteiger partial charge in [-0.2, -0.15) is 0 Å². The first-order chi connectivity index (χ1) is 12.4. The second kappa shape index (κ2) is 7.76. The quantitative estimate of drug-likeness (QED) is 0.613. The molecule has 0 aliphatic carbocycles. The summed E-state index contributed by atoms with van der Waals surface area (Å²) in [6.45, 7) is 3.96. The first kappa shape index (κ1) is 18.2. The standard InChI is InChI=1S/C20H17NO3S2/c1-12-3-7-14(8-4-12)18(22)21-16-11-17(19(23)24)26-20(16)25-15-9-5-13(2)6-10-15/h3-11H,1-2H3,(H,21,22)(H,23,24). The fourth-order valence-corrected chi connectivity index (χ4v) is 4.37. The van der Waals surface area contributed by atoms with Crippen molar-refractivity contribution < 1.29 is 14.7 Å². The Morgan fingerprint density at radius 3 is 2.12 bits per heavy atom. The van der Waals surface area contributed by atoms with E-state index in [9.17, 15) is 14.7 Å². The molecule has 1 heterocycles. The van der Waals surface area contributed by atoms with Crippen LogP contribution >= 0.6 is 23.1 Å². The summed E-state index contributed by atoms with van der Waals surface area (Å²) in [5.41, 5.74) is 3.27. The van der Waals surface area contributed by atoms with Gasteiger partial charge in [0.25, 0.3) is 5.91 Å². The summed E-state index contributed by atoms with van der Waals surface area (Å²) in [5.74, 6) is -1.26. The van der Waals surface area contributed by atoms with Crippen LogP contribution in [0.5, 0.6) is 0 Å². The van der Waals surface area contributed by atoms with E-state index in [1.165, 1.54) is 17.8 Å². The SMILES string of the molecule is Cc1ccc(Sc2sc(C(=O)O)cc2NC(=O)c2ccc(C)cc2)cc1. The van der Waals surface area contributed by atoms with Crippen LogP contribution in [0.15, 0.2) is 63.7 Å². The third kappa shape index (κ3) is 4.33. The van der Waals surface area contributed by atoms with Gasteiger partial charge in [0.2, 0.25) is 0 Å². The van der Waals surface area contributed by atoms with Gasteiger partial charge >= 0.3 is 5.97 Å². The number of aryl methyl sites for hydroxylation is 2. The number of benzene rings is 2. The molecule has 0 radical (unpaired) electrons. The molecule has 0 saturated carbocycles. The second-order valence-corrected chi connectivity index (χ2v) is 8.25. The topological polar surface area (TPSA) is 66.4 Å². The molecule has 2 aromatic carbocycles. The summed E-state index contributed by atoms with van der Waals surface area (Å²) in [6, 6.07) is 16.7. The van der Waals surface area contributed by atoms with E-state index in [1.807, 2.05) is 50.2 Å². The molecule has 2 N–H and O–H groups in total. The molecule has 0 atom stereocenters. The molecule has 26 heavy (non-hydrogen) atoms. The average Bonchev–Trinajstić information content (AvgIpc) is 3.00. The van der Waals surface area contributed by atoms with Gasteiger partial charge in [-0.05, 0) is 44.2 Å². The molecule has 132 valence electrons. The minimum Gasteiger partial charge on any atom is -0.477 e. The number of aromatic carboxylic acids is 1. The Morgan fingerprint density at radius 2 is 1.54 bits per heavy atom. The average molecular weight is 383 g/mol. The Balaban J connectivity index is 1.87. The lowest BCUT2D eigenvalue weighted by atomic mass is 10.1. The largest absolute Gasteiger partial charge is 0.477 e. The second-order valence-electron chi connectivity index (χ2n) is 5.85. The number of carbonyl (C=O) groups is 2. The van der Waals surface area contributed by atoms with Gasteiger partial charge in [-0.3, -0.25) is 4.79 Å². The molecule has 0 unspecified atom stereocenters. The number of nitrogens with one attached hydrogen (secondary N) is 1. The molecular formula is C20H17NO3S2. The van der Waals surface area contributed by atoms with Crippen LogP contribution in [0.3, 0.4) is 0 Å². The molecule has 4 nitrogen and oxygen atoms in total. The molecule has 3 rings (SSSR count). The Bertz CT molecular complexity index is 944. The number of carboxylic acids is 1. The van der Waals surface area contributed by atoms with Crippen molar-refractivity contribution in [3.05, 3.63) is 76.2 Å². The minimum atomic E-state index is -1.00. The van der Waals surface area contributed by atoms with Crippen molar-refractivity contribution in [1.29, 1.82) is 0 Å². The van der Waals surface area contributed by atoms with Crippen LogP contribution in [0.4, 0.5) is 5.69 Å². The molecule has 0 aliphatic rings. The number of anilines is 1. The number of carbonyl (C=O) groups excluding carboxylic acids is 1. The first-order valence-electron chi connectivity index (χ1n) is 7.92. The predicted molar refractivity (Wildman–Crippen MR) is 106 cm³/mol. The molecule has 0 aliphatic heterocycles. The molecule has 1 amide bonds. The van der Waals surface area contributed by atoms with Crippen molar-refractivity contribution in [3.8, 4) is 0 Å². The lowest BCUT2D eigenvalue weighted by Gasteiger charge is -2.07. The number of carboxylic acid groups (broad SMARTS) is 1. The van der Waals surface area contributed by atoms with Crippen molar-refractivity contribution in [2.24, 2.45) is 0 Å². The zero-order chi connectivity index (χ0) is 18.7. The maximum Gasteiger partial charge on any atom is 0.345 e. The Labute approximate surface area is 159 Å². The Kier molecular flexibility index (Phi) is 5.44. The molecular weight excluding hydrogens is 366 g/mol. The van der Waals surface area contributed by atoms with Crippen LogP contribution in [0.25, 0.3) is 0 Å². The molecule has 0 spiro atoms. The number of hydrogen-bond acceptors (Lipinski definition) is 4. The fraction of sp³-hybridized carbons (Fsp3) is 0.100. The molecule has 3 aromatic rings. The maximum absolute atomic E-state index is 12.5. The Morgan fingerprint density at radius 1 is 0.962 bits per heavy atom. The highest BCUT2D eigenvalue weighted by molar-refractivity contribution is 8.01. The van der Waals surface area contributed by atoms with Crippen LogP contribution < -0.4 is 5.32 Å². The zero-order valence-corrected chi connectivity index (χ0v) is 15.9. The van der Waals surface area contributed by atoms with E-state index in [-0.39, 0.29) is 10.8 Å². The highest BCUT2D eigenvalue weighted by Crippen LogP contribution is 2.40. The number of rotatable bonds is 5. The van der Waals surface area contributed by atoms with Gasteiger partial charge in [0.1, 0.15) is 4.88 Å². The van der Waals surface area contributed by atoms with E-state index in [4.69, 9.17) is 0 Å². The van der Waals surface area contributed by atoms with Gasteiger partial charge in [-0.1, -0.05) is 47.2 Å². The van der Waals surface area contributed by atoms with Crippen molar-refractivity contribution in [2.45, 2.75) is 23.0 Å². The summed E-state index contributed by atoms with van der Waals surface area (Å²) in [5, 5.41) is 12.1. The van der Waals surface area contributed by atoms with Gasteiger partial charge in [0.05, 0.1) is 9.90 Å². The maximum atomic E-state index is 12.5. The van der Waals surface area contributed by atoms with Gasteiger partial charge in [-0.25, -0.2) is 4.79 Å². The lowest BCUT2D eigenvalue weighted by molar-refractivity contribution is 0.0702. The van der Waals surface area contributed by atoms with Gasteiger partial charge in [-0.15, -0.1) is 11.3 Å². The number of amides is 1. The summed E-state index contributed by atoms with van der Waals surface area (Å²) in [6.07, 6.45) is 0. The van der Waals surface area contributed by atoms with Crippen LogP contribution in [-0.2, 0) is 0 Å². The van der Waals surface area contributed by atoms with Crippen LogP contribution in [0.2, 0.25) is 0 Å². The highest BCUT2D eigenvalue weighted by atomic mass is 32.2. The molecule has 0 fully saturated rings. The van der Waals surface area contributed by atoms with Crippen molar-refractivity contribution >= 4 is 40.7 Å². The molecule has 1 aromatic heterocycles. The monoisotopic (exact) mass is 383 g/mol. The van der Waals surface area contributed by atoms with E-state index in [1.54, 1.807) is 12.1 Å². The normalized spacial score (nSPS) is 10.5. The lowest BCUT2D eigenvalue weighted by Crippen LogP contribution is -2.11. The summed E-state index contributed by atoms with van der Waals surface area (Å²) in [4.78, 5) is 25.0. The smallest absolute Gasteiger partial charge is 0.345 e. The van der Waals surface area contributed by atoms with E-state index in [2.05, 4.69) is 5.32 Å². The first-order valence-corrected chi connectivity index (χ1v) is 9.55. The van der Waals surface area contributed by atoms with Crippen molar-refractivity contribution in [2.75, 3.05) is 5.32 Å². The third-order valence-electron chi connectivity index (χ3n) is 3.70. The Hall–Kier alpha value is -2.57. The van der Waals surface area contributed by atoms with E-state index in [0.29, 0.717) is 11.3 Å². The summed E-state index contributed by atoms with van der Waals surface area (Å²) in [7, 11) is 0. The third-order valence-corrected chi connectivity index (χ3v) is 6.03. The van der Waals surface area contributed by atoms with Gasteiger partial charge < -0.3 is 10.4 Å². The number of hydrogen-bond donors (Lipinski definition) is 2. The molecule has 6 heteroatoms. The van der Waals surface area contributed by atoms with E-state index < -0.39 is 5.97 Å². The van der Waals surface area contributed by atoms with Crippen molar-refractivity contribution in [3.63, 3.8) is 0 Å². The summed E-state index contributed by atoms with van der Waals surface area (Å²) >= 11 is 2.60. The highest BCUT2D eigenvalue weighted by Gasteiger charge is 2.17. The van der Waals surface area contributed by atoms with Crippen LogP contribution in [0, 0.1) is 13.8 Å². The zero-order valence-electron chi connectivity index (χ0n) is 14.3. The van der Waals surface area contributed by atoms with Crippen LogP contribution in [0.1, 0.15) is 31.2 Å². The minimum absolute atomic E-state index is 0.193. The van der Waals surface area contributed by atoms with E-state index >= 15 is 0 Å².